The number of anilines is 2. The van der Waals surface area contributed by atoms with E-state index in [9.17, 15) is 14.4 Å². The molecule has 2 amide bonds. The van der Waals surface area contributed by atoms with Crippen LogP contribution in [0.5, 0.6) is 0 Å². The number of amides is 2. The molecule has 0 radical (unpaired) electrons. The lowest BCUT2D eigenvalue weighted by molar-refractivity contribution is 0.104. The molecule has 0 atom stereocenters. The second-order valence-corrected chi connectivity index (χ2v) is 9.10. The van der Waals surface area contributed by atoms with Gasteiger partial charge in [0.15, 0.2) is 10.3 Å². The molecule has 2 aromatic heterocycles. The van der Waals surface area contributed by atoms with Gasteiger partial charge in [-0.05, 0) is 11.1 Å². The maximum Gasteiger partial charge on any atom is 0.410 e. The molecule has 0 fully saturated rings. The molecular weight excluding hydrogens is 476 g/mol. The molecule has 0 aliphatic heterocycles. The maximum atomic E-state index is 13.7. The highest BCUT2D eigenvalue weighted by atomic mass is 32.1. The quantitative estimate of drug-likeness (QED) is 0.247. The minimum Gasteiger partial charge on any atom is -0.465 e. The highest BCUT2D eigenvalue weighted by molar-refractivity contribution is 7.21. The smallest absolute Gasteiger partial charge is 0.410 e. The van der Waals surface area contributed by atoms with Crippen molar-refractivity contribution in [2.75, 3.05) is 10.6 Å². The second kappa shape index (κ2) is 10.2. The van der Waals surface area contributed by atoms with Crippen molar-refractivity contribution in [1.29, 1.82) is 0 Å². The van der Waals surface area contributed by atoms with Gasteiger partial charge in [-0.3, -0.25) is 15.4 Å². The number of carbonyl (C=O) groups is 3. The number of benzene rings is 2. The van der Waals surface area contributed by atoms with E-state index in [1.807, 2.05) is 60.7 Å². The summed E-state index contributed by atoms with van der Waals surface area (Å²) < 4.78 is 0. The first-order chi connectivity index (χ1) is 16.4. The van der Waals surface area contributed by atoms with E-state index >= 15 is 0 Å². The Bertz CT molecular complexity index is 1230. The zero-order valence-electron chi connectivity index (χ0n) is 17.5. The molecule has 9 nitrogen and oxygen atoms in total. The third-order valence-corrected chi connectivity index (χ3v) is 6.69. The highest BCUT2D eigenvalue weighted by Gasteiger charge is 2.26. The molecule has 2 aromatic carbocycles. The molecule has 0 saturated heterocycles. The lowest BCUT2D eigenvalue weighted by Gasteiger charge is -2.04. The molecule has 0 bridgehead atoms. The SMILES string of the molecule is O=C(O)Nc1nc(Cc2ccccc2)c(C(=O)c2sc(NC(=O)O)nc2Cc2ccccc2)s1. The molecular formula is C23H18N4O5S2. The Kier molecular flexibility index (Phi) is 6.95. The standard InChI is InChI=1S/C23H18N4O5S2/c28-17(18-15(11-13-7-3-1-4-8-13)24-20(33-18)26-22(29)30)19-16(12-14-9-5-2-6-10-14)25-21(34-19)27-23(31)32/h1-10H,11-12H2,(H,24,26)(H,25,27)(H,29,30)(H,31,32). The van der Waals surface area contributed by atoms with Gasteiger partial charge in [0, 0.05) is 12.8 Å². The predicted molar refractivity (Wildman–Crippen MR) is 129 cm³/mol. The number of aromatic nitrogens is 2. The summed E-state index contributed by atoms with van der Waals surface area (Å²) in [5, 5.41) is 22.8. The Morgan fingerprint density at radius 1 is 0.676 bits per heavy atom. The summed E-state index contributed by atoms with van der Waals surface area (Å²) in [5.74, 6) is -0.385. The van der Waals surface area contributed by atoms with E-state index < -0.39 is 12.2 Å². The number of rotatable bonds is 8. The van der Waals surface area contributed by atoms with Gasteiger partial charge in [-0.25, -0.2) is 19.6 Å². The fourth-order valence-electron chi connectivity index (χ4n) is 3.27. The van der Waals surface area contributed by atoms with Crippen LogP contribution in [0.15, 0.2) is 60.7 Å². The van der Waals surface area contributed by atoms with Crippen molar-refractivity contribution >= 4 is 50.9 Å². The van der Waals surface area contributed by atoms with Gasteiger partial charge in [0.05, 0.1) is 11.4 Å². The van der Waals surface area contributed by atoms with Gasteiger partial charge in [-0.15, -0.1) is 0 Å². The van der Waals surface area contributed by atoms with Gasteiger partial charge in [0.1, 0.15) is 9.75 Å². The van der Waals surface area contributed by atoms with Crippen molar-refractivity contribution in [3.63, 3.8) is 0 Å². The van der Waals surface area contributed by atoms with Crippen LogP contribution < -0.4 is 10.6 Å². The molecule has 4 aromatic rings. The summed E-state index contributed by atoms with van der Waals surface area (Å²) in [6.07, 6.45) is -1.91. The van der Waals surface area contributed by atoms with Crippen molar-refractivity contribution in [3.05, 3.63) is 92.9 Å². The van der Waals surface area contributed by atoms with E-state index in [1.165, 1.54) is 0 Å². The minimum atomic E-state index is -1.28. The summed E-state index contributed by atoms with van der Waals surface area (Å²) in [5.41, 5.74) is 2.67. The normalized spacial score (nSPS) is 10.6. The average Bonchev–Trinajstić information content (AvgIpc) is 3.37. The monoisotopic (exact) mass is 494 g/mol. The molecule has 4 rings (SSSR count). The molecule has 0 aliphatic rings. The molecule has 4 N–H and O–H groups in total. The van der Waals surface area contributed by atoms with Gasteiger partial charge >= 0.3 is 12.2 Å². The van der Waals surface area contributed by atoms with Crippen molar-refractivity contribution < 1.29 is 24.6 Å². The summed E-state index contributed by atoms with van der Waals surface area (Å²) in [4.78, 5) is 45.2. The number of hydrogen-bond donors (Lipinski definition) is 4. The van der Waals surface area contributed by atoms with E-state index in [0.29, 0.717) is 24.2 Å². The van der Waals surface area contributed by atoms with E-state index in [-0.39, 0.29) is 25.8 Å². The largest absolute Gasteiger partial charge is 0.465 e. The van der Waals surface area contributed by atoms with E-state index in [1.54, 1.807) is 0 Å². The predicted octanol–water partition coefficient (Wildman–Crippen LogP) is 5.19. The fourth-order valence-corrected chi connectivity index (χ4v) is 5.17. The van der Waals surface area contributed by atoms with Crippen molar-refractivity contribution in [3.8, 4) is 0 Å². The topological polar surface area (TPSA) is 142 Å². The molecule has 34 heavy (non-hydrogen) atoms. The molecule has 0 aliphatic carbocycles. The molecule has 2 heterocycles. The zero-order valence-corrected chi connectivity index (χ0v) is 19.2. The summed E-state index contributed by atoms with van der Waals surface area (Å²) in [6, 6.07) is 18.8. The van der Waals surface area contributed by atoms with E-state index in [0.717, 1.165) is 33.8 Å². The average molecular weight is 495 g/mol. The van der Waals surface area contributed by atoms with Crippen molar-refractivity contribution in [1.82, 2.24) is 9.97 Å². The molecule has 172 valence electrons. The second-order valence-electron chi connectivity index (χ2n) is 7.10. The lowest BCUT2D eigenvalue weighted by Crippen LogP contribution is -2.07. The lowest BCUT2D eigenvalue weighted by atomic mass is 10.1. The third kappa shape index (κ3) is 5.63. The number of nitrogens with one attached hydrogen (secondary N) is 2. The van der Waals surface area contributed by atoms with Crippen molar-refractivity contribution in [2.24, 2.45) is 0 Å². The fraction of sp³-hybridized carbons (Fsp3) is 0.0870. The Labute approximate surface area is 201 Å². The van der Waals surface area contributed by atoms with Crippen molar-refractivity contribution in [2.45, 2.75) is 12.8 Å². The Morgan fingerprint density at radius 3 is 1.41 bits per heavy atom. The molecule has 11 heteroatoms. The number of ketones is 1. The summed E-state index contributed by atoms with van der Waals surface area (Å²) in [6.45, 7) is 0. The number of carboxylic acid groups (broad SMARTS) is 2. The summed E-state index contributed by atoms with van der Waals surface area (Å²) >= 11 is 1.88. The molecule has 0 unspecified atom stereocenters. The Hall–Kier alpha value is -4.09. The van der Waals surface area contributed by atoms with Gasteiger partial charge in [0.2, 0.25) is 5.78 Å². The third-order valence-electron chi connectivity index (χ3n) is 4.66. The van der Waals surface area contributed by atoms with Crippen LogP contribution in [0, 0.1) is 0 Å². The number of thiazole rings is 2. The van der Waals surface area contributed by atoms with Gasteiger partial charge < -0.3 is 10.2 Å². The highest BCUT2D eigenvalue weighted by Crippen LogP contribution is 2.33. The van der Waals surface area contributed by atoms with Crippen LogP contribution in [0.4, 0.5) is 19.9 Å². The zero-order chi connectivity index (χ0) is 24.1. The maximum absolute atomic E-state index is 13.7. The first-order valence-corrected chi connectivity index (χ1v) is 11.6. The van der Waals surface area contributed by atoms with Crippen LogP contribution in [0.3, 0.4) is 0 Å². The number of carbonyl (C=O) groups excluding carboxylic acids is 1. The molecule has 0 spiro atoms. The molecule has 0 saturated carbocycles. The van der Waals surface area contributed by atoms with Gasteiger partial charge in [-0.2, -0.15) is 0 Å². The van der Waals surface area contributed by atoms with Crippen LogP contribution >= 0.6 is 22.7 Å². The number of nitrogens with zero attached hydrogens (tertiary/aromatic N) is 2. The number of hydrogen-bond acceptors (Lipinski definition) is 7. The van der Waals surface area contributed by atoms with E-state index in [2.05, 4.69) is 20.6 Å². The van der Waals surface area contributed by atoms with Gasteiger partial charge in [-0.1, -0.05) is 83.3 Å². The van der Waals surface area contributed by atoms with Crippen LogP contribution in [0.1, 0.15) is 37.1 Å². The van der Waals surface area contributed by atoms with Crippen LogP contribution in [-0.4, -0.2) is 38.2 Å². The van der Waals surface area contributed by atoms with Crippen LogP contribution in [0.2, 0.25) is 0 Å². The Morgan fingerprint density at radius 2 is 1.06 bits per heavy atom. The van der Waals surface area contributed by atoms with Crippen LogP contribution in [0.25, 0.3) is 0 Å². The first-order valence-electron chi connectivity index (χ1n) is 10.0. The van der Waals surface area contributed by atoms with Gasteiger partial charge in [0.25, 0.3) is 0 Å². The minimum absolute atomic E-state index is 0.0831. The summed E-state index contributed by atoms with van der Waals surface area (Å²) in [7, 11) is 0. The van der Waals surface area contributed by atoms with Crippen LogP contribution in [-0.2, 0) is 12.8 Å². The Balaban J connectivity index is 1.74. The van der Waals surface area contributed by atoms with E-state index in [4.69, 9.17) is 10.2 Å². The first kappa shape index (κ1) is 23.1.